The van der Waals surface area contributed by atoms with Crippen LogP contribution in [0.1, 0.15) is 5.56 Å². The fourth-order valence-electron chi connectivity index (χ4n) is 1.41. The van der Waals surface area contributed by atoms with Gasteiger partial charge in [0.15, 0.2) is 5.03 Å². The Morgan fingerprint density at radius 2 is 2.06 bits per heavy atom. The standard InChI is InChI=1S/C11H12N2O3S/c1-8-4-2-3-5-10(8)16-7-9-6-11(12)17(14,15)13-9/h2-6H,7,12H2,1H3. The molecule has 0 bridgehead atoms. The molecule has 0 unspecified atom stereocenters. The summed E-state index contributed by atoms with van der Waals surface area (Å²) in [4.78, 5) is 0. The Morgan fingerprint density at radius 3 is 2.65 bits per heavy atom. The first-order chi connectivity index (χ1) is 7.99. The first kappa shape index (κ1) is 11.7. The Balaban J connectivity index is 2.09. The van der Waals surface area contributed by atoms with Crippen LogP contribution in [0.3, 0.4) is 0 Å². The lowest BCUT2D eigenvalue weighted by Gasteiger charge is -2.06. The van der Waals surface area contributed by atoms with Crippen molar-refractivity contribution in [2.24, 2.45) is 10.1 Å². The summed E-state index contributed by atoms with van der Waals surface area (Å²) in [5.74, 6) is 0.700. The van der Waals surface area contributed by atoms with Gasteiger partial charge in [-0.05, 0) is 18.6 Å². The second-order valence-corrected chi connectivity index (χ2v) is 5.26. The van der Waals surface area contributed by atoms with Gasteiger partial charge in [0.05, 0.1) is 5.71 Å². The van der Waals surface area contributed by atoms with E-state index in [-0.39, 0.29) is 11.6 Å². The van der Waals surface area contributed by atoms with Gasteiger partial charge in [-0.2, -0.15) is 12.8 Å². The van der Waals surface area contributed by atoms with Gasteiger partial charge in [0.1, 0.15) is 12.4 Å². The molecule has 90 valence electrons. The highest BCUT2D eigenvalue weighted by molar-refractivity contribution is 7.94. The summed E-state index contributed by atoms with van der Waals surface area (Å²) in [6.07, 6.45) is 1.31. The van der Waals surface area contributed by atoms with Gasteiger partial charge in [0.2, 0.25) is 0 Å². The van der Waals surface area contributed by atoms with Crippen LogP contribution in [-0.4, -0.2) is 20.7 Å². The van der Waals surface area contributed by atoms with E-state index >= 15 is 0 Å². The third kappa shape index (κ3) is 2.47. The van der Waals surface area contributed by atoms with Crippen LogP contribution in [0, 0.1) is 6.92 Å². The van der Waals surface area contributed by atoms with Gasteiger partial charge in [0.25, 0.3) is 10.0 Å². The Labute approximate surface area is 99.7 Å². The highest BCUT2D eigenvalue weighted by atomic mass is 32.2. The largest absolute Gasteiger partial charge is 0.487 e. The molecule has 0 aliphatic carbocycles. The van der Waals surface area contributed by atoms with E-state index in [0.717, 1.165) is 5.56 Å². The van der Waals surface area contributed by atoms with Crippen molar-refractivity contribution >= 4 is 15.7 Å². The van der Waals surface area contributed by atoms with E-state index < -0.39 is 10.0 Å². The number of para-hydroxylation sites is 1. The molecule has 0 saturated carbocycles. The van der Waals surface area contributed by atoms with Crippen LogP contribution in [0.15, 0.2) is 39.8 Å². The van der Waals surface area contributed by atoms with Crippen LogP contribution in [0.25, 0.3) is 0 Å². The minimum Gasteiger partial charge on any atom is -0.487 e. The molecule has 2 rings (SSSR count). The highest BCUT2D eigenvalue weighted by Gasteiger charge is 2.21. The van der Waals surface area contributed by atoms with Crippen molar-refractivity contribution in [2.45, 2.75) is 6.92 Å². The van der Waals surface area contributed by atoms with Gasteiger partial charge >= 0.3 is 0 Å². The molecule has 6 heteroatoms. The van der Waals surface area contributed by atoms with E-state index in [4.69, 9.17) is 10.5 Å². The average Bonchev–Trinajstić information content (AvgIpc) is 2.52. The molecule has 1 heterocycles. The third-order valence-electron chi connectivity index (χ3n) is 2.31. The third-order valence-corrected chi connectivity index (χ3v) is 3.50. The normalized spacial score (nSPS) is 17.5. The van der Waals surface area contributed by atoms with Gasteiger partial charge in [-0.25, -0.2) is 0 Å². The van der Waals surface area contributed by atoms with Crippen LogP contribution in [0.2, 0.25) is 0 Å². The molecule has 1 aliphatic rings. The van der Waals surface area contributed by atoms with Crippen molar-refractivity contribution in [1.82, 2.24) is 0 Å². The minimum absolute atomic E-state index is 0.0881. The molecule has 1 aliphatic heterocycles. The molecular formula is C11H12N2O3S. The lowest BCUT2D eigenvalue weighted by Crippen LogP contribution is -2.08. The Kier molecular flexibility index (Phi) is 2.89. The molecule has 0 aromatic heterocycles. The molecule has 0 fully saturated rings. The molecule has 2 N–H and O–H groups in total. The molecule has 5 nitrogen and oxygen atoms in total. The number of nitrogens with zero attached hydrogens (tertiary/aromatic N) is 1. The van der Waals surface area contributed by atoms with Crippen LogP contribution in [0.4, 0.5) is 0 Å². The molecule has 0 atom stereocenters. The fourth-order valence-corrected chi connectivity index (χ4v) is 2.21. The van der Waals surface area contributed by atoms with Crippen LogP contribution in [-0.2, 0) is 10.0 Å². The SMILES string of the molecule is Cc1ccccc1OCC1=NS(=O)(=O)C(N)=C1. The predicted octanol–water partition coefficient (Wildman–Crippen LogP) is 0.958. The maximum absolute atomic E-state index is 11.2. The smallest absolute Gasteiger partial charge is 0.297 e. The van der Waals surface area contributed by atoms with Gasteiger partial charge in [-0.1, -0.05) is 18.2 Å². The molecule has 0 radical (unpaired) electrons. The van der Waals surface area contributed by atoms with E-state index in [1.807, 2.05) is 31.2 Å². The first-order valence-corrected chi connectivity index (χ1v) is 6.42. The first-order valence-electron chi connectivity index (χ1n) is 4.98. The van der Waals surface area contributed by atoms with Gasteiger partial charge in [0, 0.05) is 6.08 Å². The zero-order valence-corrected chi connectivity index (χ0v) is 10.1. The zero-order valence-electron chi connectivity index (χ0n) is 9.25. The lowest BCUT2D eigenvalue weighted by molar-refractivity contribution is 0.375. The van der Waals surface area contributed by atoms with Gasteiger partial charge < -0.3 is 10.5 Å². The van der Waals surface area contributed by atoms with E-state index in [0.29, 0.717) is 11.5 Å². The predicted molar refractivity (Wildman–Crippen MR) is 65.3 cm³/mol. The summed E-state index contributed by atoms with van der Waals surface area (Å²) in [7, 11) is -3.64. The van der Waals surface area contributed by atoms with E-state index in [2.05, 4.69) is 4.40 Å². The van der Waals surface area contributed by atoms with Crippen molar-refractivity contribution in [2.75, 3.05) is 6.61 Å². The number of rotatable bonds is 3. The van der Waals surface area contributed by atoms with E-state index in [1.54, 1.807) is 0 Å². The van der Waals surface area contributed by atoms with Crippen LogP contribution in [0.5, 0.6) is 5.75 Å². The molecule has 0 spiro atoms. The number of sulfonamides is 1. The fraction of sp³-hybridized carbons (Fsp3) is 0.182. The molecule has 0 amide bonds. The van der Waals surface area contributed by atoms with Crippen LogP contribution >= 0.6 is 0 Å². The van der Waals surface area contributed by atoms with Crippen molar-refractivity contribution in [3.8, 4) is 5.75 Å². The average molecular weight is 252 g/mol. The quantitative estimate of drug-likeness (QED) is 0.868. The summed E-state index contributed by atoms with van der Waals surface area (Å²) in [5.41, 5.74) is 6.59. The number of benzene rings is 1. The van der Waals surface area contributed by atoms with E-state index in [1.165, 1.54) is 6.08 Å². The maximum Gasteiger partial charge on any atom is 0.297 e. The van der Waals surface area contributed by atoms with Crippen molar-refractivity contribution in [3.63, 3.8) is 0 Å². The number of hydrogen-bond acceptors (Lipinski definition) is 4. The Bertz CT molecular complexity index is 603. The molecule has 1 aromatic carbocycles. The van der Waals surface area contributed by atoms with Gasteiger partial charge in [-0.3, -0.25) is 0 Å². The molecular weight excluding hydrogens is 240 g/mol. The molecule has 17 heavy (non-hydrogen) atoms. The van der Waals surface area contributed by atoms with E-state index in [9.17, 15) is 8.42 Å². The maximum atomic E-state index is 11.2. The topological polar surface area (TPSA) is 81.8 Å². The summed E-state index contributed by atoms with van der Waals surface area (Å²) in [6.45, 7) is 2.00. The second-order valence-electron chi connectivity index (χ2n) is 3.66. The molecule has 0 saturated heterocycles. The van der Waals surface area contributed by atoms with Gasteiger partial charge in [-0.15, -0.1) is 0 Å². The van der Waals surface area contributed by atoms with Crippen molar-refractivity contribution in [3.05, 3.63) is 40.9 Å². The highest BCUT2D eigenvalue weighted by Crippen LogP contribution is 2.17. The Morgan fingerprint density at radius 1 is 1.35 bits per heavy atom. The number of nitrogens with two attached hydrogens (primary N) is 1. The van der Waals surface area contributed by atoms with Crippen LogP contribution < -0.4 is 10.5 Å². The minimum atomic E-state index is -3.64. The zero-order chi connectivity index (χ0) is 12.5. The number of ether oxygens (including phenoxy) is 1. The molecule has 1 aromatic rings. The number of hydrogen-bond donors (Lipinski definition) is 1. The summed E-state index contributed by atoms with van der Waals surface area (Å²) < 4.78 is 31.4. The Hall–Kier alpha value is -1.82. The monoisotopic (exact) mass is 252 g/mol. The van der Waals surface area contributed by atoms with Crippen molar-refractivity contribution < 1.29 is 13.2 Å². The summed E-state index contributed by atoms with van der Waals surface area (Å²) in [6, 6.07) is 7.47. The number of aryl methyl sites for hydroxylation is 1. The second kappa shape index (κ2) is 4.21. The summed E-state index contributed by atoms with van der Waals surface area (Å²) >= 11 is 0. The summed E-state index contributed by atoms with van der Waals surface area (Å²) in [5, 5.41) is -0.235. The van der Waals surface area contributed by atoms with Crippen molar-refractivity contribution in [1.29, 1.82) is 0 Å². The lowest BCUT2D eigenvalue weighted by atomic mass is 10.2.